The van der Waals surface area contributed by atoms with Crippen LogP contribution in [0.1, 0.15) is 43.0 Å². The molecule has 0 radical (unpaired) electrons. The number of nitrogens with zero attached hydrogens (tertiary/aromatic N) is 2. The highest BCUT2D eigenvalue weighted by molar-refractivity contribution is 6.46. The molecule has 1 aliphatic rings. The van der Waals surface area contributed by atoms with Gasteiger partial charge < -0.3 is 19.5 Å². The Kier molecular flexibility index (Phi) is 7.45. The molecule has 0 aliphatic carbocycles. The fourth-order valence-electron chi connectivity index (χ4n) is 4.10. The second kappa shape index (κ2) is 10.9. The van der Waals surface area contributed by atoms with Gasteiger partial charge in [0.25, 0.3) is 11.7 Å². The lowest BCUT2D eigenvalue weighted by molar-refractivity contribution is -0.140. The van der Waals surface area contributed by atoms with Crippen molar-refractivity contribution in [3.63, 3.8) is 0 Å². The quantitative estimate of drug-likeness (QED) is 0.271. The number of likely N-dealkylation sites (tertiary alicyclic amines) is 1. The first kappa shape index (κ1) is 24.0. The number of amides is 1. The number of rotatable bonds is 9. The summed E-state index contributed by atoms with van der Waals surface area (Å²) in [4.78, 5) is 32.0. The summed E-state index contributed by atoms with van der Waals surface area (Å²) in [5.41, 5.74) is 1.92. The zero-order valence-electron chi connectivity index (χ0n) is 19.8. The molecular formula is C28H28N2O5. The number of ketones is 1. The van der Waals surface area contributed by atoms with E-state index in [1.165, 1.54) is 4.90 Å². The standard InChI is InChI=1S/C28H28N2O5/c1-3-15-35-23-9-5-8-21(16-23)25-24(26(31)20-10-12-22(13-11-20)34-4-2)27(32)28(33)30(25)18-19-7-6-14-29-17-19/h5-14,16-17,25,31H,3-4,15,18H2,1-2H3/b26-24+/t25-/m0/s1. The third-order valence-electron chi connectivity index (χ3n) is 5.70. The fourth-order valence-corrected chi connectivity index (χ4v) is 4.10. The van der Waals surface area contributed by atoms with E-state index < -0.39 is 17.7 Å². The molecule has 4 rings (SSSR count). The molecule has 0 unspecified atom stereocenters. The predicted molar refractivity (Wildman–Crippen MR) is 132 cm³/mol. The summed E-state index contributed by atoms with van der Waals surface area (Å²) in [6.45, 7) is 5.13. The van der Waals surface area contributed by atoms with Crippen molar-refractivity contribution >= 4 is 17.4 Å². The zero-order valence-corrected chi connectivity index (χ0v) is 19.8. The molecule has 35 heavy (non-hydrogen) atoms. The molecule has 7 heteroatoms. The number of carbonyl (C=O) groups is 2. The smallest absolute Gasteiger partial charge is 0.295 e. The van der Waals surface area contributed by atoms with E-state index in [-0.39, 0.29) is 17.9 Å². The highest BCUT2D eigenvalue weighted by Crippen LogP contribution is 2.41. The molecular weight excluding hydrogens is 444 g/mol. The molecule has 1 aliphatic heterocycles. The van der Waals surface area contributed by atoms with Crippen LogP contribution >= 0.6 is 0 Å². The van der Waals surface area contributed by atoms with Gasteiger partial charge in [0.05, 0.1) is 24.8 Å². The van der Waals surface area contributed by atoms with Gasteiger partial charge >= 0.3 is 0 Å². The molecule has 1 saturated heterocycles. The third-order valence-corrected chi connectivity index (χ3v) is 5.70. The van der Waals surface area contributed by atoms with Crippen LogP contribution in [0.4, 0.5) is 0 Å². The van der Waals surface area contributed by atoms with Gasteiger partial charge in [-0.3, -0.25) is 14.6 Å². The second-order valence-electron chi connectivity index (χ2n) is 8.17. The van der Waals surface area contributed by atoms with E-state index in [9.17, 15) is 14.7 Å². The summed E-state index contributed by atoms with van der Waals surface area (Å²) in [5.74, 6) is -0.350. The summed E-state index contributed by atoms with van der Waals surface area (Å²) in [5, 5.41) is 11.3. The van der Waals surface area contributed by atoms with Crippen molar-refractivity contribution in [2.45, 2.75) is 32.9 Å². The zero-order chi connectivity index (χ0) is 24.8. The van der Waals surface area contributed by atoms with Crippen LogP contribution in [-0.4, -0.2) is 39.9 Å². The summed E-state index contributed by atoms with van der Waals surface area (Å²) in [6.07, 6.45) is 4.15. The van der Waals surface area contributed by atoms with Gasteiger partial charge in [0.15, 0.2) is 0 Å². The lowest BCUT2D eigenvalue weighted by Crippen LogP contribution is -2.29. The minimum absolute atomic E-state index is 0.0377. The van der Waals surface area contributed by atoms with E-state index >= 15 is 0 Å². The first-order valence-electron chi connectivity index (χ1n) is 11.7. The molecule has 1 atom stereocenters. The molecule has 3 aromatic rings. The number of aliphatic hydroxyl groups excluding tert-OH is 1. The van der Waals surface area contributed by atoms with Gasteiger partial charge in [-0.2, -0.15) is 0 Å². The van der Waals surface area contributed by atoms with E-state index in [2.05, 4.69) is 4.98 Å². The van der Waals surface area contributed by atoms with Gasteiger partial charge in [-0.05, 0) is 66.9 Å². The van der Waals surface area contributed by atoms with E-state index in [4.69, 9.17) is 9.47 Å². The van der Waals surface area contributed by atoms with E-state index in [0.29, 0.717) is 35.8 Å². The maximum atomic E-state index is 13.3. The normalized spacial score (nSPS) is 17.0. The molecule has 2 heterocycles. The monoisotopic (exact) mass is 472 g/mol. The largest absolute Gasteiger partial charge is 0.507 e. The minimum atomic E-state index is -0.785. The summed E-state index contributed by atoms with van der Waals surface area (Å²) < 4.78 is 11.3. The van der Waals surface area contributed by atoms with E-state index in [0.717, 1.165) is 12.0 Å². The first-order chi connectivity index (χ1) is 17.0. The van der Waals surface area contributed by atoms with Crippen LogP contribution in [0.5, 0.6) is 11.5 Å². The molecule has 7 nitrogen and oxygen atoms in total. The van der Waals surface area contributed by atoms with Crippen LogP contribution in [0.15, 0.2) is 78.6 Å². The van der Waals surface area contributed by atoms with Crippen LogP contribution in [-0.2, 0) is 16.1 Å². The van der Waals surface area contributed by atoms with E-state index in [1.807, 2.05) is 44.2 Å². The van der Waals surface area contributed by atoms with Crippen molar-refractivity contribution in [3.8, 4) is 11.5 Å². The van der Waals surface area contributed by atoms with Crippen LogP contribution in [0.25, 0.3) is 5.76 Å². The number of benzene rings is 2. The Morgan fingerprint density at radius 3 is 2.49 bits per heavy atom. The number of ether oxygens (including phenoxy) is 2. The number of hydrogen-bond donors (Lipinski definition) is 1. The highest BCUT2D eigenvalue weighted by atomic mass is 16.5. The fraction of sp³-hybridized carbons (Fsp3) is 0.250. The van der Waals surface area contributed by atoms with Crippen molar-refractivity contribution < 1.29 is 24.2 Å². The van der Waals surface area contributed by atoms with Gasteiger partial charge in [-0.15, -0.1) is 0 Å². The topological polar surface area (TPSA) is 89.0 Å². The Morgan fingerprint density at radius 2 is 1.80 bits per heavy atom. The Morgan fingerprint density at radius 1 is 1.00 bits per heavy atom. The number of hydrogen-bond acceptors (Lipinski definition) is 6. The first-order valence-corrected chi connectivity index (χ1v) is 11.7. The van der Waals surface area contributed by atoms with Gasteiger partial charge in [-0.1, -0.05) is 25.1 Å². The summed E-state index contributed by atoms with van der Waals surface area (Å²) in [7, 11) is 0. The van der Waals surface area contributed by atoms with Crippen molar-refractivity contribution in [3.05, 3.63) is 95.3 Å². The summed E-state index contributed by atoms with van der Waals surface area (Å²) >= 11 is 0. The maximum Gasteiger partial charge on any atom is 0.295 e. The summed E-state index contributed by atoms with van der Waals surface area (Å²) in [6, 6.07) is 16.9. The van der Waals surface area contributed by atoms with Crippen LogP contribution in [0.3, 0.4) is 0 Å². The Balaban J connectivity index is 1.81. The van der Waals surface area contributed by atoms with Crippen LogP contribution in [0, 0.1) is 0 Å². The van der Waals surface area contributed by atoms with Crippen molar-refractivity contribution in [2.75, 3.05) is 13.2 Å². The van der Waals surface area contributed by atoms with Crippen LogP contribution in [0.2, 0.25) is 0 Å². The molecule has 180 valence electrons. The van der Waals surface area contributed by atoms with E-state index in [1.54, 1.807) is 42.7 Å². The average molecular weight is 473 g/mol. The highest BCUT2D eigenvalue weighted by Gasteiger charge is 2.46. The number of carbonyl (C=O) groups excluding carboxylic acids is 2. The molecule has 0 bridgehead atoms. The molecule has 1 fully saturated rings. The van der Waals surface area contributed by atoms with Crippen molar-refractivity contribution in [1.29, 1.82) is 0 Å². The minimum Gasteiger partial charge on any atom is -0.507 e. The van der Waals surface area contributed by atoms with Gasteiger partial charge in [-0.25, -0.2) is 0 Å². The lowest BCUT2D eigenvalue weighted by Gasteiger charge is -2.25. The molecule has 2 aromatic carbocycles. The van der Waals surface area contributed by atoms with Crippen LogP contribution < -0.4 is 9.47 Å². The Hall–Kier alpha value is -4.13. The average Bonchev–Trinajstić information content (AvgIpc) is 3.13. The van der Waals surface area contributed by atoms with Crippen molar-refractivity contribution in [1.82, 2.24) is 9.88 Å². The number of pyridine rings is 1. The maximum absolute atomic E-state index is 13.3. The predicted octanol–water partition coefficient (Wildman–Crippen LogP) is 4.89. The number of Topliss-reactive ketones (excluding diaryl/α,β-unsaturated/α-hetero) is 1. The van der Waals surface area contributed by atoms with Gasteiger partial charge in [0.2, 0.25) is 0 Å². The second-order valence-corrected chi connectivity index (χ2v) is 8.17. The molecule has 0 spiro atoms. The van der Waals surface area contributed by atoms with Gasteiger partial charge in [0.1, 0.15) is 17.3 Å². The van der Waals surface area contributed by atoms with Gasteiger partial charge in [0, 0.05) is 24.5 Å². The Bertz CT molecular complexity index is 1220. The number of aromatic nitrogens is 1. The Labute approximate surface area is 204 Å². The van der Waals surface area contributed by atoms with Crippen molar-refractivity contribution in [2.24, 2.45) is 0 Å². The number of aliphatic hydroxyl groups is 1. The third kappa shape index (κ3) is 5.19. The SMILES string of the molecule is CCCOc1cccc([C@H]2/C(=C(\O)c3ccc(OCC)cc3)C(=O)C(=O)N2Cc2cccnc2)c1. The molecule has 0 saturated carbocycles. The molecule has 1 N–H and O–H groups in total. The molecule has 1 amide bonds. The molecule has 1 aromatic heterocycles. The lowest BCUT2D eigenvalue weighted by atomic mass is 9.95.